The number of carboxylic acid groups (broad SMARTS) is 1. The molecule has 0 aliphatic heterocycles. The van der Waals surface area contributed by atoms with E-state index in [1.54, 1.807) is 12.1 Å². The van der Waals surface area contributed by atoms with Gasteiger partial charge in [-0.3, -0.25) is 0 Å². The summed E-state index contributed by atoms with van der Waals surface area (Å²) in [5, 5.41) is 26.3. The molecule has 0 aliphatic carbocycles. The van der Waals surface area contributed by atoms with Crippen LogP contribution >= 0.6 is 0 Å². The maximum absolute atomic E-state index is 10.3. The number of rotatable bonds is 1. The Bertz CT molecular complexity index is 354. The summed E-state index contributed by atoms with van der Waals surface area (Å²) in [4.78, 5) is 18.3. The van der Waals surface area contributed by atoms with Crippen molar-refractivity contribution in [2.75, 3.05) is 0 Å². The summed E-state index contributed by atoms with van der Waals surface area (Å²) in [7, 11) is 0. The van der Waals surface area contributed by atoms with Crippen molar-refractivity contribution in [2.45, 2.75) is 0 Å². The van der Waals surface area contributed by atoms with Crippen LogP contribution in [0.4, 0.5) is 0 Å². The van der Waals surface area contributed by atoms with Crippen LogP contribution in [0.2, 0.25) is 0 Å². The fourth-order valence-electron chi connectivity index (χ4n) is 0.654. The molecule has 1 aromatic rings. The Labute approximate surface area is 133 Å². The molecule has 0 aliphatic rings. The number of hydrogen-bond acceptors (Lipinski definition) is 8. The predicted molar refractivity (Wildman–Crippen MR) is 67.2 cm³/mol. The topological polar surface area (TPSA) is 238 Å². The van der Waals surface area contributed by atoms with Crippen LogP contribution in [-0.2, 0) is 21.1 Å². The van der Waals surface area contributed by atoms with E-state index in [4.69, 9.17) is 32.9 Å². The molecule has 0 saturated carbocycles. The van der Waals surface area contributed by atoms with E-state index in [1.165, 1.54) is 12.1 Å². The molecule has 1 radical (unpaired) electrons. The Hall–Kier alpha value is -1.10. The number of aromatic hydroxyl groups is 1. The van der Waals surface area contributed by atoms with Gasteiger partial charge in [0.25, 0.3) is 0 Å². The van der Waals surface area contributed by atoms with Gasteiger partial charge in [-0.05, 0) is 12.1 Å². The summed E-state index contributed by atoms with van der Waals surface area (Å²) in [6.45, 7) is 0. The SMILES string of the molecule is O=C(O)c1ccccc1O.O=N[O-].O[Se](O)O.[NH2-].[NH2-].[Pt+2]. The summed E-state index contributed by atoms with van der Waals surface area (Å²) in [5.41, 5.74) is -0.0671. The molecule has 0 heterocycles. The number of hydrogen-bond donors (Lipinski definition) is 5. The molecule has 20 heavy (non-hydrogen) atoms. The number of phenols is 1. The molecule has 13 heteroatoms. The van der Waals surface area contributed by atoms with Gasteiger partial charge in [0.15, 0.2) is 0 Å². The predicted octanol–water partition coefficient (Wildman–Crippen LogP) is 0.721. The van der Waals surface area contributed by atoms with E-state index >= 15 is 0 Å². The molecule has 121 valence electrons. The fourth-order valence-corrected chi connectivity index (χ4v) is 0.654. The van der Waals surface area contributed by atoms with Crippen LogP contribution in [0.1, 0.15) is 10.4 Å². The van der Waals surface area contributed by atoms with Crippen molar-refractivity contribution in [3.8, 4) is 5.75 Å². The van der Waals surface area contributed by atoms with Gasteiger partial charge in [-0.25, -0.2) is 4.79 Å². The van der Waals surface area contributed by atoms with Crippen LogP contribution in [0.25, 0.3) is 12.3 Å². The third-order valence-corrected chi connectivity index (χ3v) is 1.13. The van der Waals surface area contributed by atoms with Crippen LogP contribution in [0.3, 0.4) is 0 Å². The van der Waals surface area contributed by atoms with Gasteiger partial charge in [0.2, 0.25) is 0 Å². The summed E-state index contributed by atoms with van der Waals surface area (Å²) < 4.78 is 21.9. The molecule has 0 saturated heterocycles. The zero-order valence-corrected chi connectivity index (χ0v) is 13.6. The summed E-state index contributed by atoms with van der Waals surface area (Å²) >= 11 is -3.04. The fraction of sp³-hybridized carbons (Fsp3) is 0. The van der Waals surface area contributed by atoms with Crippen molar-refractivity contribution in [3.63, 3.8) is 0 Å². The third kappa shape index (κ3) is 22.1. The monoisotopic (exact) mass is 542 g/mol. The summed E-state index contributed by atoms with van der Waals surface area (Å²) in [6.07, 6.45) is 0. The Kier molecular flexibility index (Phi) is 31.7. The van der Waals surface area contributed by atoms with Gasteiger partial charge in [-0.1, -0.05) is 12.1 Å². The van der Waals surface area contributed by atoms with Crippen LogP contribution in [0.15, 0.2) is 29.6 Å². The molecule has 0 unspecified atom stereocenters. The number of aromatic carboxylic acids is 1. The average molecular weight is 541 g/mol. The zero-order valence-electron chi connectivity index (χ0n) is 9.60. The van der Waals surface area contributed by atoms with Crippen molar-refractivity contribution in [2.24, 2.45) is 5.34 Å². The minimum atomic E-state index is -3.04. The number of carbonyl (C=O) groups is 1. The van der Waals surface area contributed by atoms with E-state index in [2.05, 4.69) is 0 Å². The molecule has 11 nitrogen and oxygen atoms in total. The van der Waals surface area contributed by atoms with Crippen LogP contribution < -0.4 is 0 Å². The largest absolute Gasteiger partial charge is 2.00 e. The Balaban J connectivity index is -0.0000000653. The standard InChI is InChI=1S/C7H6O3.HNO2.2H2N.H3O3Se.Pt/c8-6-4-2-1-3-5(6)7(9)10;2-1-3;;;1-4(2)3;/h1-4,8H,(H,9,10);(H,2,3);2*1H2;1-3H;/q;;2*-1;;+2/p-1. The van der Waals surface area contributed by atoms with Gasteiger partial charge in [-0.2, -0.15) is 0 Å². The summed E-state index contributed by atoms with van der Waals surface area (Å²) in [5.74, 6) is -1.31. The van der Waals surface area contributed by atoms with Crippen LogP contribution in [0.5, 0.6) is 5.75 Å². The van der Waals surface area contributed by atoms with E-state index in [0.717, 1.165) is 5.34 Å². The second-order valence-electron chi connectivity index (χ2n) is 2.14. The van der Waals surface area contributed by atoms with Gasteiger partial charge in [-0.15, -0.1) is 5.34 Å². The quantitative estimate of drug-likeness (QED) is 0.192. The molecule has 0 aromatic heterocycles. The number of nitrogens with two attached hydrogens (primary N) is 2. The van der Waals surface area contributed by atoms with Crippen molar-refractivity contribution < 1.29 is 48.6 Å². The molecule has 9 N–H and O–H groups in total. The van der Waals surface area contributed by atoms with Crippen molar-refractivity contribution >= 4 is 20.9 Å². The van der Waals surface area contributed by atoms with E-state index in [0.29, 0.717) is 0 Å². The third-order valence-electron chi connectivity index (χ3n) is 1.13. The maximum atomic E-state index is 10.3. The zero-order chi connectivity index (χ0) is 13.8. The Morgan fingerprint density at radius 1 is 1.15 bits per heavy atom. The van der Waals surface area contributed by atoms with Gasteiger partial charge < -0.3 is 32.6 Å². The van der Waals surface area contributed by atoms with Crippen molar-refractivity contribution in [1.29, 1.82) is 0 Å². The second-order valence-corrected chi connectivity index (χ2v) is 3.17. The number of carboxylic acids is 1. The normalized spacial score (nSPS) is 7.00. The van der Waals surface area contributed by atoms with E-state index in [1.807, 2.05) is 0 Å². The van der Waals surface area contributed by atoms with E-state index in [9.17, 15) is 4.79 Å². The van der Waals surface area contributed by atoms with Gasteiger partial charge in [0.05, 0.1) is 0 Å². The molecule has 0 amide bonds. The van der Waals surface area contributed by atoms with E-state index in [-0.39, 0.29) is 44.7 Å². The molecular weight excluding hydrogens is 528 g/mol. The number of para-hydroxylation sites is 1. The first-order valence-electron chi connectivity index (χ1n) is 3.64. The first kappa shape index (κ1) is 31.3. The Morgan fingerprint density at radius 3 is 1.65 bits per heavy atom. The van der Waals surface area contributed by atoms with Gasteiger partial charge >= 0.3 is 54.5 Å². The molecule has 0 fully saturated rings. The Morgan fingerprint density at radius 2 is 1.45 bits per heavy atom. The molecule has 0 spiro atoms. The van der Waals surface area contributed by atoms with Crippen molar-refractivity contribution in [3.05, 3.63) is 52.2 Å². The van der Waals surface area contributed by atoms with Crippen LogP contribution in [-0.4, -0.2) is 43.6 Å². The molecular formula is C7H13N3O8PtSe-. The molecule has 1 rings (SSSR count). The molecule has 0 bridgehead atoms. The first-order valence-corrected chi connectivity index (χ1v) is 5.94. The number of benzene rings is 1. The average Bonchev–Trinajstić information content (AvgIpc) is 2.18. The smallest absolute Gasteiger partial charge is 0.693 e. The molecule has 0 atom stereocenters. The summed E-state index contributed by atoms with van der Waals surface area (Å²) in [6, 6.07) is 5.81. The minimum absolute atomic E-state index is 0. The number of nitrogens with zero attached hydrogens (tertiary/aromatic N) is 1. The van der Waals surface area contributed by atoms with Crippen molar-refractivity contribution in [1.82, 2.24) is 0 Å². The minimum Gasteiger partial charge on any atom is -0.693 e. The van der Waals surface area contributed by atoms with Crippen LogP contribution in [0, 0.1) is 10.1 Å². The maximum Gasteiger partial charge on any atom is 2.00 e. The molecule has 1 aromatic carbocycles. The second kappa shape index (κ2) is 20.2. The van der Waals surface area contributed by atoms with Gasteiger partial charge in [0.1, 0.15) is 11.3 Å². The van der Waals surface area contributed by atoms with E-state index < -0.39 is 20.9 Å². The first-order chi connectivity index (χ1) is 7.86. The van der Waals surface area contributed by atoms with Gasteiger partial charge in [0, 0.05) is 0 Å².